The van der Waals surface area contributed by atoms with E-state index in [0.717, 1.165) is 18.7 Å². The number of pyridine rings is 1. The Hall–Kier alpha value is -2.75. The van der Waals surface area contributed by atoms with Crippen LogP contribution >= 0.6 is 0 Å². The predicted molar refractivity (Wildman–Crippen MR) is 84.9 cm³/mol. The summed E-state index contributed by atoms with van der Waals surface area (Å²) in [7, 11) is 0. The van der Waals surface area contributed by atoms with Gasteiger partial charge in [-0.2, -0.15) is 5.26 Å². The highest BCUT2D eigenvalue weighted by molar-refractivity contribution is 6.04. The van der Waals surface area contributed by atoms with Crippen LogP contribution in [0.3, 0.4) is 0 Å². The zero-order chi connectivity index (χ0) is 16.1. The number of ether oxygens (including phenoxy) is 1. The SMILES string of the molecule is N#Cc1ccc(C(=O)Nc2ccc(C3CNCCO3)cc2)cn1. The third-order valence-corrected chi connectivity index (χ3v) is 3.61. The maximum Gasteiger partial charge on any atom is 0.257 e. The van der Waals surface area contributed by atoms with E-state index in [1.807, 2.05) is 30.3 Å². The molecule has 1 aromatic carbocycles. The normalized spacial score (nSPS) is 17.3. The number of benzene rings is 1. The van der Waals surface area contributed by atoms with Crippen molar-refractivity contribution in [2.75, 3.05) is 25.0 Å². The molecule has 1 amide bonds. The van der Waals surface area contributed by atoms with Gasteiger partial charge < -0.3 is 15.4 Å². The summed E-state index contributed by atoms with van der Waals surface area (Å²) in [6, 6.07) is 12.6. The Bertz CT molecular complexity index is 714. The quantitative estimate of drug-likeness (QED) is 0.904. The highest BCUT2D eigenvalue weighted by Crippen LogP contribution is 2.21. The number of nitrogens with one attached hydrogen (secondary N) is 2. The van der Waals surface area contributed by atoms with Gasteiger partial charge in [0.05, 0.1) is 18.3 Å². The molecule has 23 heavy (non-hydrogen) atoms. The van der Waals surface area contributed by atoms with Gasteiger partial charge in [0, 0.05) is 25.0 Å². The number of aromatic nitrogens is 1. The lowest BCUT2D eigenvalue weighted by Gasteiger charge is -2.24. The summed E-state index contributed by atoms with van der Waals surface area (Å²) in [5, 5.41) is 14.8. The molecule has 0 spiro atoms. The molecule has 0 bridgehead atoms. The van der Waals surface area contributed by atoms with Crippen LogP contribution in [0.15, 0.2) is 42.6 Å². The van der Waals surface area contributed by atoms with E-state index in [0.29, 0.717) is 17.9 Å². The van der Waals surface area contributed by atoms with E-state index in [1.165, 1.54) is 12.3 Å². The van der Waals surface area contributed by atoms with Gasteiger partial charge in [-0.25, -0.2) is 4.98 Å². The Morgan fingerprint density at radius 1 is 1.30 bits per heavy atom. The molecule has 1 aliphatic heterocycles. The number of carbonyl (C=O) groups is 1. The number of nitriles is 1. The zero-order valence-corrected chi connectivity index (χ0v) is 12.5. The number of rotatable bonds is 3. The molecule has 6 heteroatoms. The van der Waals surface area contributed by atoms with Crippen molar-refractivity contribution < 1.29 is 9.53 Å². The number of carbonyl (C=O) groups excluding carboxylic acids is 1. The molecule has 0 aliphatic carbocycles. The number of amides is 1. The van der Waals surface area contributed by atoms with Crippen LogP contribution in [0.25, 0.3) is 0 Å². The second-order valence-corrected chi connectivity index (χ2v) is 5.18. The maximum absolute atomic E-state index is 12.1. The Kier molecular flexibility index (Phi) is 4.62. The topological polar surface area (TPSA) is 87.0 Å². The van der Waals surface area contributed by atoms with Crippen molar-refractivity contribution in [1.29, 1.82) is 5.26 Å². The van der Waals surface area contributed by atoms with Crippen LogP contribution in [0.4, 0.5) is 5.69 Å². The lowest BCUT2D eigenvalue weighted by molar-refractivity contribution is 0.0277. The van der Waals surface area contributed by atoms with Crippen molar-refractivity contribution in [2.24, 2.45) is 0 Å². The third-order valence-electron chi connectivity index (χ3n) is 3.61. The molecule has 6 nitrogen and oxygen atoms in total. The molecule has 2 N–H and O–H groups in total. The largest absolute Gasteiger partial charge is 0.371 e. The first-order chi connectivity index (χ1) is 11.3. The first-order valence-corrected chi connectivity index (χ1v) is 7.36. The minimum atomic E-state index is -0.259. The van der Waals surface area contributed by atoms with Gasteiger partial charge in [-0.15, -0.1) is 0 Å². The van der Waals surface area contributed by atoms with Gasteiger partial charge in [-0.05, 0) is 29.8 Å². The van der Waals surface area contributed by atoms with Crippen LogP contribution in [-0.4, -0.2) is 30.6 Å². The van der Waals surface area contributed by atoms with Gasteiger partial charge >= 0.3 is 0 Å². The maximum atomic E-state index is 12.1. The van der Waals surface area contributed by atoms with Gasteiger partial charge in [-0.1, -0.05) is 12.1 Å². The Balaban J connectivity index is 1.65. The van der Waals surface area contributed by atoms with E-state index in [-0.39, 0.29) is 17.7 Å². The monoisotopic (exact) mass is 308 g/mol. The van der Waals surface area contributed by atoms with E-state index in [1.54, 1.807) is 6.07 Å². The minimum Gasteiger partial charge on any atom is -0.371 e. The van der Waals surface area contributed by atoms with Gasteiger partial charge in [0.2, 0.25) is 0 Å². The Labute approximate surface area is 134 Å². The summed E-state index contributed by atoms with van der Waals surface area (Å²) < 4.78 is 5.69. The highest BCUT2D eigenvalue weighted by Gasteiger charge is 2.15. The third kappa shape index (κ3) is 3.72. The van der Waals surface area contributed by atoms with Crippen molar-refractivity contribution in [3.05, 3.63) is 59.4 Å². The van der Waals surface area contributed by atoms with E-state index < -0.39 is 0 Å². The van der Waals surface area contributed by atoms with Crippen molar-refractivity contribution in [3.63, 3.8) is 0 Å². The number of hydrogen-bond acceptors (Lipinski definition) is 5. The summed E-state index contributed by atoms with van der Waals surface area (Å²) in [6.45, 7) is 2.38. The van der Waals surface area contributed by atoms with Gasteiger partial charge in [0.25, 0.3) is 5.91 Å². The number of morpholine rings is 1. The first-order valence-electron chi connectivity index (χ1n) is 7.36. The molecule has 3 rings (SSSR count). The molecule has 1 aliphatic rings. The summed E-state index contributed by atoms with van der Waals surface area (Å²) in [4.78, 5) is 16.0. The molecule has 2 aromatic rings. The molecule has 0 saturated carbocycles. The second-order valence-electron chi connectivity index (χ2n) is 5.18. The van der Waals surface area contributed by atoms with E-state index >= 15 is 0 Å². The fraction of sp³-hybridized carbons (Fsp3) is 0.235. The number of nitrogens with zero attached hydrogens (tertiary/aromatic N) is 2. The van der Waals surface area contributed by atoms with Crippen LogP contribution in [0.2, 0.25) is 0 Å². The summed E-state index contributed by atoms with van der Waals surface area (Å²) >= 11 is 0. The average molecular weight is 308 g/mol. The summed E-state index contributed by atoms with van der Waals surface area (Å²) in [6.07, 6.45) is 1.44. The smallest absolute Gasteiger partial charge is 0.257 e. The van der Waals surface area contributed by atoms with E-state index in [4.69, 9.17) is 10.00 Å². The fourth-order valence-electron chi connectivity index (χ4n) is 2.36. The first kappa shape index (κ1) is 15.2. The fourth-order valence-corrected chi connectivity index (χ4v) is 2.36. The van der Waals surface area contributed by atoms with Crippen molar-refractivity contribution in [3.8, 4) is 6.07 Å². The predicted octanol–water partition coefficient (Wildman–Crippen LogP) is 1.87. The van der Waals surface area contributed by atoms with Crippen LogP contribution in [0.5, 0.6) is 0 Å². The summed E-state index contributed by atoms with van der Waals surface area (Å²) in [5.74, 6) is -0.259. The molecular formula is C17H16N4O2. The van der Waals surface area contributed by atoms with Crippen molar-refractivity contribution in [2.45, 2.75) is 6.10 Å². The molecule has 2 heterocycles. The van der Waals surface area contributed by atoms with E-state index in [2.05, 4.69) is 15.6 Å². The molecular weight excluding hydrogens is 292 g/mol. The summed E-state index contributed by atoms with van der Waals surface area (Å²) in [5.41, 5.74) is 2.47. The molecule has 1 atom stereocenters. The molecule has 1 fully saturated rings. The van der Waals surface area contributed by atoms with Crippen molar-refractivity contribution in [1.82, 2.24) is 10.3 Å². The number of anilines is 1. The molecule has 0 radical (unpaired) electrons. The molecule has 1 aromatic heterocycles. The lowest BCUT2D eigenvalue weighted by Crippen LogP contribution is -2.33. The van der Waals surface area contributed by atoms with Gasteiger partial charge in [0.15, 0.2) is 0 Å². The zero-order valence-electron chi connectivity index (χ0n) is 12.5. The molecule has 1 unspecified atom stereocenters. The minimum absolute atomic E-state index is 0.0521. The lowest BCUT2D eigenvalue weighted by atomic mass is 10.1. The van der Waals surface area contributed by atoms with E-state index in [9.17, 15) is 4.79 Å². The average Bonchev–Trinajstić information content (AvgIpc) is 2.63. The van der Waals surface area contributed by atoms with Crippen LogP contribution < -0.4 is 10.6 Å². The highest BCUT2D eigenvalue weighted by atomic mass is 16.5. The Morgan fingerprint density at radius 3 is 2.74 bits per heavy atom. The van der Waals surface area contributed by atoms with Crippen molar-refractivity contribution >= 4 is 11.6 Å². The van der Waals surface area contributed by atoms with Crippen LogP contribution in [0.1, 0.15) is 27.7 Å². The molecule has 116 valence electrons. The van der Waals surface area contributed by atoms with Crippen LogP contribution in [0, 0.1) is 11.3 Å². The standard InChI is InChI=1S/C17H16N4O2/c18-9-15-6-3-13(10-20-15)17(22)21-14-4-1-12(2-5-14)16-11-19-7-8-23-16/h1-6,10,16,19H,7-8,11H2,(H,21,22). The number of hydrogen-bond donors (Lipinski definition) is 2. The van der Waals surface area contributed by atoms with Gasteiger partial charge in [0.1, 0.15) is 11.8 Å². The van der Waals surface area contributed by atoms with Crippen LogP contribution in [-0.2, 0) is 4.74 Å². The molecule has 1 saturated heterocycles. The van der Waals surface area contributed by atoms with Gasteiger partial charge in [-0.3, -0.25) is 4.79 Å². The second kappa shape index (κ2) is 7.01. The Morgan fingerprint density at radius 2 is 2.13 bits per heavy atom.